The van der Waals surface area contributed by atoms with Gasteiger partial charge in [0.1, 0.15) is 23.4 Å². The molecule has 4 rings (SSSR count). The zero-order valence-electron chi connectivity index (χ0n) is 23.2. The molecule has 9 nitrogen and oxygen atoms in total. The molecule has 0 saturated heterocycles. The number of rotatable bonds is 3. The number of allylic oxidation sites excluding steroid dienone is 3. The van der Waals surface area contributed by atoms with Crippen molar-refractivity contribution in [3.63, 3.8) is 0 Å². The van der Waals surface area contributed by atoms with Gasteiger partial charge in [0.05, 0.1) is 11.3 Å². The summed E-state index contributed by atoms with van der Waals surface area (Å²) in [5, 5.41) is 24.2. The number of nitrogens with one attached hydrogen (secondary N) is 1. The molecular formula is C31H33NO8. The predicted octanol–water partition coefficient (Wildman–Crippen LogP) is 3.82. The number of esters is 1. The number of Topliss-reactive ketones (excluding diaryl/α,β-unsaturated/α-hetero) is 3. The minimum absolute atomic E-state index is 0.0332. The number of benzene rings is 1. The van der Waals surface area contributed by atoms with Gasteiger partial charge in [-0.2, -0.15) is 0 Å². The van der Waals surface area contributed by atoms with Crippen LogP contribution in [0.3, 0.4) is 0 Å². The van der Waals surface area contributed by atoms with E-state index in [0.717, 1.165) is 11.6 Å². The van der Waals surface area contributed by atoms with Crippen molar-refractivity contribution in [1.82, 2.24) is 5.32 Å². The highest BCUT2D eigenvalue weighted by Gasteiger charge is 2.50. The van der Waals surface area contributed by atoms with Gasteiger partial charge in [-0.1, -0.05) is 30.7 Å². The van der Waals surface area contributed by atoms with Crippen LogP contribution in [0.2, 0.25) is 0 Å². The third kappa shape index (κ3) is 4.97. The van der Waals surface area contributed by atoms with E-state index in [1.807, 2.05) is 6.92 Å². The van der Waals surface area contributed by atoms with Gasteiger partial charge in [0.15, 0.2) is 11.6 Å². The fourth-order valence-electron chi connectivity index (χ4n) is 5.31. The van der Waals surface area contributed by atoms with Gasteiger partial charge in [-0.25, -0.2) is 0 Å². The van der Waals surface area contributed by atoms with Crippen molar-refractivity contribution in [1.29, 1.82) is 0 Å². The van der Waals surface area contributed by atoms with Gasteiger partial charge in [0.2, 0.25) is 11.7 Å². The molecule has 210 valence electrons. The largest absolute Gasteiger partial charge is 0.507 e. The van der Waals surface area contributed by atoms with Crippen LogP contribution in [0.25, 0.3) is 0 Å². The molecule has 1 amide bonds. The Labute approximate surface area is 232 Å². The summed E-state index contributed by atoms with van der Waals surface area (Å²) < 4.78 is 5.79. The first-order chi connectivity index (χ1) is 18.8. The Morgan fingerprint density at radius 2 is 1.85 bits per heavy atom. The number of cyclic esters (lactones) is 1. The second kappa shape index (κ2) is 10.8. The molecule has 4 atom stereocenters. The van der Waals surface area contributed by atoms with Crippen molar-refractivity contribution in [2.24, 2.45) is 11.3 Å². The minimum atomic E-state index is -1.95. The number of hydrogen-bond acceptors (Lipinski definition) is 8. The molecule has 2 heterocycles. The quantitative estimate of drug-likeness (QED) is 0.382. The summed E-state index contributed by atoms with van der Waals surface area (Å²) in [6.07, 6.45) is 5.63. The Kier molecular flexibility index (Phi) is 7.81. The monoisotopic (exact) mass is 547 g/mol. The summed E-state index contributed by atoms with van der Waals surface area (Å²) in [4.78, 5) is 68.0. The van der Waals surface area contributed by atoms with Gasteiger partial charge >= 0.3 is 5.97 Å². The molecule has 0 spiro atoms. The van der Waals surface area contributed by atoms with Gasteiger partial charge in [-0.3, -0.25) is 24.0 Å². The number of aromatic hydroxyl groups is 1. The van der Waals surface area contributed by atoms with E-state index >= 15 is 0 Å². The number of carbonyl (C=O) groups excluding carboxylic acids is 5. The van der Waals surface area contributed by atoms with Crippen LogP contribution in [0.4, 0.5) is 0 Å². The van der Waals surface area contributed by atoms with E-state index in [-0.39, 0.29) is 40.2 Å². The summed E-state index contributed by atoms with van der Waals surface area (Å²) in [6, 6.07) is 1.30. The lowest BCUT2D eigenvalue weighted by Gasteiger charge is -2.33. The average molecular weight is 548 g/mol. The minimum Gasteiger partial charge on any atom is -0.507 e. The SMILES string of the molecule is CC[C@H]1C=C[C@@H]([C@@H](O)C=C(C)C)OC(=O)[C@@]2(C)C=CC(=O)NC3=C2C(=O)c2c(cc(C)c(O)c2C(=O)CC1)C3=O. The molecule has 3 aliphatic rings. The molecule has 0 aromatic heterocycles. The molecule has 1 aromatic carbocycles. The highest BCUT2D eigenvalue weighted by atomic mass is 16.6. The fraction of sp³-hybridized carbons (Fsp3) is 0.387. The molecule has 2 aliphatic heterocycles. The lowest BCUT2D eigenvalue weighted by molar-refractivity contribution is -0.157. The highest BCUT2D eigenvalue weighted by Crippen LogP contribution is 2.44. The van der Waals surface area contributed by atoms with E-state index in [9.17, 15) is 34.2 Å². The van der Waals surface area contributed by atoms with Crippen molar-refractivity contribution in [3.05, 3.63) is 75.5 Å². The summed E-state index contributed by atoms with van der Waals surface area (Å²) in [6.45, 7) is 8.32. The topological polar surface area (TPSA) is 147 Å². The van der Waals surface area contributed by atoms with E-state index in [2.05, 4.69) is 5.32 Å². The fourth-order valence-corrected chi connectivity index (χ4v) is 5.31. The second-order valence-corrected chi connectivity index (χ2v) is 10.9. The number of carbonyl (C=O) groups is 5. The highest BCUT2D eigenvalue weighted by molar-refractivity contribution is 6.32. The predicted molar refractivity (Wildman–Crippen MR) is 146 cm³/mol. The van der Waals surface area contributed by atoms with Crippen LogP contribution >= 0.6 is 0 Å². The molecule has 9 heteroatoms. The molecule has 40 heavy (non-hydrogen) atoms. The molecule has 0 saturated carbocycles. The maximum absolute atomic E-state index is 14.2. The Morgan fingerprint density at radius 1 is 1.15 bits per heavy atom. The number of ether oxygens (including phenoxy) is 1. The summed E-state index contributed by atoms with van der Waals surface area (Å²) in [5.41, 5.74) is -2.45. The standard InChI is InChI=1S/C31H33NO8/c1-6-17-7-9-19(33)24-23-18(14-16(4)27(24)36)28(37)26-25(29(23)38)31(5,12-11-22(35)32-26)30(39)40-21(10-8-17)20(34)13-15(2)3/h8,10-14,17,20-21,34,36H,6-7,9H2,1-5H3,(H,32,35)/t17-,20+,21+,31+/m1/s1. The molecule has 0 unspecified atom stereocenters. The van der Waals surface area contributed by atoms with Crippen LogP contribution in [-0.2, 0) is 14.3 Å². The van der Waals surface area contributed by atoms with E-state index in [1.165, 1.54) is 32.1 Å². The van der Waals surface area contributed by atoms with E-state index in [0.29, 0.717) is 12.8 Å². The maximum Gasteiger partial charge on any atom is 0.321 e. The third-order valence-electron chi connectivity index (χ3n) is 7.63. The van der Waals surface area contributed by atoms with Gasteiger partial charge < -0.3 is 20.3 Å². The van der Waals surface area contributed by atoms with Gasteiger partial charge in [0.25, 0.3) is 0 Å². The van der Waals surface area contributed by atoms with Crippen LogP contribution in [0.5, 0.6) is 5.75 Å². The van der Waals surface area contributed by atoms with Crippen LogP contribution in [0, 0.1) is 18.3 Å². The first-order valence-electron chi connectivity index (χ1n) is 13.3. The Balaban J connectivity index is 2.02. The number of hydrogen-bond donors (Lipinski definition) is 3. The lowest BCUT2D eigenvalue weighted by atomic mass is 9.71. The zero-order valence-corrected chi connectivity index (χ0v) is 23.2. The van der Waals surface area contributed by atoms with E-state index in [1.54, 1.807) is 26.0 Å². The van der Waals surface area contributed by atoms with Crippen molar-refractivity contribution in [2.75, 3.05) is 0 Å². The summed E-state index contributed by atoms with van der Waals surface area (Å²) >= 11 is 0. The molecule has 0 radical (unpaired) electrons. The lowest BCUT2D eigenvalue weighted by Crippen LogP contribution is -2.42. The number of phenols is 1. The maximum atomic E-state index is 14.2. The average Bonchev–Trinajstić information content (AvgIpc) is 3.03. The number of phenolic OH excluding ortho intramolecular Hbond substituents is 1. The van der Waals surface area contributed by atoms with E-state index in [4.69, 9.17) is 4.74 Å². The van der Waals surface area contributed by atoms with Crippen LogP contribution < -0.4 is 5.32 Å². The van der Waals surface area contributed by atoms with Crippen molar-refractivity contribution in [3.8, 4) is 5.75 Å². The molecule has 2 bridgehead atoms. The Morgan fingerprint density at radius 3 is 2.50 bits per heavy atom. The third-order valence-corrected chi connectivity index (χ3v) is 7.63. The van der Waals surface area contributed by atoms with Crippen LogP contribution in [0.15, 0.2) is 53.3 Å². The number of aryl methyl sites for hydroxylation is 1. The Hall–Kier alpha value is -4.11. The van der Waals surface area contributed by atoms with Gasteiger partial charge in [-0.05, 0) is 64.2 Å². The molecule has 1 aliphatic carbocycles. The van der Waals surface area contributed by atoms with E-state index < -0.39 is 58.3 Å². The van der Waals surface area contributed by atoms with Crippen LogP contribution in [0.1, 0.15) is 83.6 Å². The normalized spacial score (nSPS) is 25.6. The molecule has 1 aromatic rings. The number of aliphatic hydroxyl groups is 1. The molecule has 3 N–H and O–H groups in total. The first-order valence-corrected chi connectivity index (χ1v) is 13.3. The smallest absolute Gasteiger partial charge is 0.321 e. The summed E-state index contributed by atoms with van der Waals surface area (Å²) in [7, 11) is 0. The van der Waals surface area contributed by atoms with Gasteiger partial charge in [-0.15, -0.1) is 0 Å². The Bertz CT molecular complexity index is 1460. The second-order valence-electron chi connectivity index (χ2n) is 10.9. The number of ketones is 3. The van der Waals surface area contributed by atoms with Gasteiger partial charge in [0, 0.05) is 29.2 Å². The van der Waals surface area contributed by atoms with Crippen molar-refractivity contribution in [2.45, 2.75) is 66.1 Å². The van der Waals surface area contributed by atoms with Crippen molar-refractivity contribution >= 4 is 29.2 Å². The number of aliphatic hydroxyl groups excluding tert-OH is 1. The number of amides is 1. The molecule has 0 fully saturated rings. The zero-order chi connectivity index (χ0) is 29.5. The summed E-state index contributed by atoms with van der Waals surface area (Å²) in [5.74, 6) is -4.41. The first kappa shape index (κ1) is 28.9. The molecular weight excluding hydrogens is 514 g/mol. The van der Waals surface area contributed by atoms with Crippen molar-refractivity contribution < 1.29 is 38.9 Å². The van der Waals surface area contributed by atoms with Crippen LogP contribution in [-0.4, -0.2) is 51.6 Å².